The average molecular weight is 486 g/mol. The summed E-state index contributed by atoms with van der Waals surface area (Å²) in [5, 5.41) is 61.2. The zero-order chi connectivity index (χ0) is 24.7. The fraction of sp³-hybridized carbons (Fsp3) is 0.667. The number of fused-ring (bicyclic) bond motifs is 1. The quantitative estimate of drug-likeness (QED) is 0.240. The maximum absolute atomic E-state index is 13.4. The molecule has 34 heavy (non-hydrogen) atoms. The predicted octanol–water partition coefficient (Wildman–Crippen LogP) is -3.29. The number of benzene rings is 1. The molecule has 0 spiro atoms. The van der Waals surface area contributed by atoms with Gasteiger partial charge < -0.3 is 49.6 Å². The van der Waals surface area contributed by atoms with E-state index in [2.05, 4.69) is 0 Å². The highest BCUT2D eigenvalue weighted by Gasteiger charge is 2.46. The molecule has 0 aliphatic carbocycles. The number of hydrogen-bond acceptors (Lipinski definition) is 11. The van der Waals surface area contributed by atoms with Crippen LogP contribution in [0.3, 0.4) is 0 Å². The molecule has 13 nitrogen and oxygen atoms in total. The first-order valence-corrected chi connectivity index (χ1v) is 10.8. The number of hydrogen-bond donors (Lipinski definition) is 6. The molecule has 0 saturated carbocycles. The number of nitrogens with zero attached hydrogens (tertiary/aromatic N) is 2. The second-order valence-corrected chi connectivity index (χ2v) is 8.49. The van der Waals surface area contributed by atoms with E-state index in [9.17, 15) is 35.4 Å². The maximum atomic E-state index is 13.4. The Bertz CT molecular complexity index is 963. The van der Waals surface area contributed by atoms with Crippen LogP contribution in [0, 0.1) is 0 Å². The summed E-state index contributed by atoms with van der Waals surface area (Å²) < 4.78 is 23.5. The normalized spacial score (nSPS) is 38.9. The molecule has 2 saturated heterocycles. The first kappa shape index (κ1) is 25.2. The Labute approximate surface area is 193 Å². The molecule has 3 heterocycles. The third-order valence-corrected chi connectivity index (χ3v) is 6.52. The van der Waals surface area contributed by atoms with Crippen LogP contribution in [0.2, 0.25) is 0 Å². The topological polar surface area (TPSA) is 185 Å². The predicted molar refractivity (Wildman–Crippen MR) is 114 cm³/mol. The van der Waals surface area contributed by atoms with Crippen LogP contribution < -0.4 is 5.69 Å². The molecule has 0 bridgehead atoms. The lowest BCUT2D eigenvalue weighted by atomic mass is 9.98. The molecule has 0 amide bonds. The van der Waals surface area contributed by atoms with Gasteiger partial charge in [-0.1, -0.05) is 12.1 Å². The van der Waals surface area contributed by atoms with E-state index in [1.807, 2.05) is 0 Å². The van der Waals surface area contributed by atoms with Gasteiger partial charge in [0.15, 0.2) is 12.6 Å². The van der Waals surface area contributed by atoms with Gasteiger partial charge in [-0.15, -0.1) is 0 Å². The number of ether oxygens (including phenoxy) is 4. The van der Waals surface area contributed by atoms with Crippen LogP contribution in [0.4, 0.5) is 0 Å². The van der Waals surface area contributed by atoms with E-state index in [4.69, 9.17) is 18.9 Å². The number of aliphatic hydroxyl groups excluding tert-OH is 6. The third kappa shape index (κ3) is 4.28. The Balaban J connectivity index is 1.66. The van der Waals surface area contributed by atoms with E-state index in [0.717, 1.165) is 0 Å². The van der Waals surface area contributed by atoms with Gasteiger partial charge in [-0.3, -0.25) is 9.13 Å². The van der Waals surface area contributed by atoms with Crippen molar-refractivity contribution in [3.8, 4) is 0 Å². The van der Waals surface area contributed by atoms with E-state index in [1.165, 1.54) is 23.4 Å². The summed E-state index contributed by atoms with van der Waals surface area (Å²) in [7, 11) is 2.55. The molecule has 0 radical (unpaired) electrons. The van der Waals surface area contributed by atoms with Crippen molar-refractivity contribution in [3.63, 3.8) is 0 Å². The number of para-hydroxylation sites is 2. The third-order valence-electron chi connectivity index (χ3n) is 6.52. The molecular weight excluding hydrogens is 456 g/mol. The Hall–Kier alpha value is -1.91. The van der Waals surface area contributed by atoms with Crippen molar-refractivity contribution in [2.24, 2.45) is 0 Å². The van der Waals surface area contributed by atoms with Crippen molar-refractivity contribution >= 4 is 11.0 Å². The standard InChI is InChI=1S/C21H30N2O11/c1-31-17-13(24)11(33-19(28)15(17)26)7-22-9-5-3-4-6-10(9)23(21(22)30)8-12-14(25)18(32-2)16(27)20(29)34-12/h3-6,11-20,24-29H,7-8H2,1-2H3/t11-,12-,13-,14-,15-,16-,17+,18+,19+,20+/m1/s1. The highest BCUT2D eigenvalue weighted by atomic mass is 16.6. The van der Waals surface area contributed by atoms with Gasteiger partial charge in [0.25, 0.3) is 0 Å². The van der Waals surface area contributed by atoms with Crippen molar-refractivity contribution in [1.29, 1.82) is 0 Å². The first-order chi connectivity index (χ1) is 16.2. The summed E-state index contributed by atoms with van der Waals surface area (Å²) in [6, 6.07) is 6.78. The zero-order valence-electron chi connectivity index (χ0n) is 18.6. The molecule has 4 rings (SSSR count). The van der Waals surface area contributed by atoms with Gasteiger partial charge in [0.2, 0.25) is 0 Å². The minimum Gasteiger partial charge on any atom is -0.388 e. The second kappa shape index (κ2) is 9.99. The van der Waals surface area contributed by atoms with Gasteiger partial charge >= 0.3 is 5.69 Å². The molecule has 13 heteroatoms. The van der Waals surface area contributed by atoms with Crippen LogP contribution in [-0.4, -0.2) is 115 Å². The molecule has 10 atom stereocenters. The lowest BCUT2D eigenvalue weighted by molar-refractivity contribution is -0.288. The summed E-state index contributed by atoms with van der Waals surface area (Å²) in [6.45, 7) is -0.347. The minimum absolute atomic E-state index is 0.173. The molecule has 0 unspecified atom stereocenters. The van der Waals surface area contributed by atoms with Gasteiger partial charge in [0.05, 0.1) is 24.1 Å². The van der Waals surface area contributed by atoms with Crippen molar-refractivity contribution in [3.05, 3.63) is 34.7 Å². The summed E-state index contributed by atoms with van der Waals surface area (Å²) in [4.78, 5) is 13.4. The smallest absolute Gasteiger partial charge is 0.329 e. The monoisotopic (exact) mass is 486 g/mol. The van der Waals surface area contributed by atoms with E-state index in [1.54, 1.807) is 24.3 Å². The van der Waals surface area contributed by atoms with E-state index >= 15 is 0 Å². The summed E-state index contributed by atoms with van der Waals surface area (Å²) in [5.41, 5.74) is 0.427. The molecule has 1 aromatic heterocycles. The lowest BCUT2D eigenvalue weighted by Crippen LogP contribution is -2.60. The van der Waals surface area contributed by atoms with Gasteiger partial charge in [-0.05, 0) is 12.1 Å². The first-order valence-electron chi connectivity index (χ1n) is 10.8. The van der Waals surface area contributed by atoms with Gasteiger partial charge in [0.1, 0.15) is 48.8 Å². The molecule has 2 aromatic rings. The van der Waals surface area contributed by atoms with Crippen molar-refractivity contribution in [2.75, 3.05) is 14.2 Å². The van der Waals surface area contributed by atoms with Crippen molar-refractivity contribution in [1.82, 2.24) is 9.13 Å². The molecule has 1 aromatic carbocycles. The molecule has 2 aliphatic rings. The molecular formula is C21H30N2O11. The molecule has 6 N–H and O–H groups in total. The largest absolute Gasteiger partial charge is 0.388 e. The molecule has 2 aliphatic heterocycles. The Kier molecular flexibility index (Phi) is 7.40. The number of rotatable bonds is 6. The SMILES string of the molecule is CO[C@@H]1[C@@H](O)[C@@H](O)O[C@H](Cn2c(=O)n(C[C@H]3O[C@H](O)[C@H](O)[C@@H](OC)[C@@H]3O)c3ccccc32)[C@H]1O. The Morgan fingerprint density at radius 3 is 1.47 bits per heavy atom. The lowest BCUT2D eigenvalue weighted by Gasteiger charge is -2.40. The zero-order valence-corrected chi connectivity index (χ0v) is 18.6. The Morgan fingerprint density at radius 1 is 0.735 bits per heavy atom. The summed E-state index contributed by atoms with van der Waals surface area (Å²) in [6.07, 6.45) is -13.2. The van der Waals surface area contributed by atoms with Crippen LogP contribution in [0.5, 0.6) is 0 Å². The van der Waals surface area contributed by atoms with Crippen molar-refractivity contribution < 1.29 is 49.6 Å². The number of aromatic nitrogens is 2. The highest BCUT2D eigenvalue weighted by molar-refractivity contribution is 5.76. The van der Waals surface area contributed by atoms with Crippen LogP contribution in [-0.2, 0) is 32.0 Å². The van der Waals surface area contributed by atoms with Crippen LogP contribution in [0.25, 0.3) is 11.0 Å². The summed E-state index contributed by atoms with van der Waals surface area (Å²) >= 11 is 0. The van der Waals surface area contributed by atoms with Gasteiger partial charge in [-0.2, -0.15) is 0 Å². The van der Waals surface area contributed by atoms with Crippen LogP contribution >= 0.6 is 0 Å². The van der Waals surface area contributed by atoms with Crippen LogP contribution in [0.15, 0.2) is 29.1 Å². The Morgan fingerprint density at radius 2 is 1.12 bits per heavy atom. The highest BCUT2D eigenvalue weighted by Crippen LogP contribution is 2.26. The average Bonchev–Trinajstić information content (AvgIpc) is 3.07. The van der Waals surface area contributed by atoms with E-state index in [-0.39, 0.29) is 13.1 Å². The van der Waals surface area contributed by atoms with Gasteiger partial charge in [-0.25, -0.2) is 4.79 Å². The fourth-order valence-corrected chi connectivity index (χ4v) is 4.68. The second-order valence-electron chi connectivity index (χ2n) is 8.49. The maximum Gasteiger partial charge on any atom is 0.329 e. The minimum atomic E-state index is -1.62. The fourth-order valence-electron chi connectivity index (χ4n) is 4.68. The summed E-state index contributed by atoms with van der Waals surface area (Å²) in [5.74, 6) is 0. The molecule has 190 valence electrons. The molecule has 2 fully saturated rings. The number of methoxy groups -OCH3 is 2. The van der Waals surface area contributed by atoms with Gasteiger partial charge in [0, 0.05) is 14.2 Å². The number of aliphatic hydroxyl groups is 6. The number of imidazole rings is 1. The van der Waals surface area contributed by atoms with E-state index in [0.29, 0.717) is 11.0 Å². The van der Waals surface area contributed by atoms with Crippen molar-refractivity contribution in [2.45, 2.75) is 74.5 Å². The van der Waals surface area contributed by atoms with E-state index < -0.39 is 67.1 Å². The van der Waals surface area contributed by atoms with Crippen LogP contribution in [0.1, 0.15) is 0 Å².